The zero-order chi connectivity index (χ0) is 15.6. The van der Waals surface area contributed by atoms with Crippen molar-refractivity contribution in [3.8, 4) is 0 Å². The summed E-state index contributed by atoms with van der Waals surface area (Å²) in [5, 5.41) is 0. The van der Waals surface area contributed by atoms with Gasteiger partial charge in [0.2, 0.25) is 0 Å². The van der Waals surface area contributed by atoms with Crippen LogP contribution in [0, 0.1) is 5.41 Å². The van der Waals surface area contributed by atoms with Crippen LogP contribution < -0.4 is 0 Å². The summed E-state index contributed by atoms with van der Waals surface area (Å²) in [4.78, 5) is 16.1. The number of allylic oxidation sites excluding steroid dienone is 1. The van der Waals surface area contributed by atoms with Crippen molar-refractivity contribution < 1.29 is 9.53 Å². The molecule has 120 valence electrons. The lowest BCUT2D eigenvalue weighted by molar-refractivity contribution is -0.146. The van der Waals surface area contributed by atoms with Gasteiger partial charge in [0.15, 0.2) is 0 Å². The molecular formula is C17H30N2O2. The van der Waals surface area contributed by atoms with Crippen molar-refractivity contribution in [1.29, 1.82) is 0 Å². The number of hydrogen-bond donors (Lipinski definition) is 0. The van der Waals surface area contributed by atoms with E-state index in [0.717, 1.165) is 13.1 Å². The molecule has 2 aliphatic rings. The molecule has 0 saturated carbocycles. The Morgan fingerprint density at radius 2 is 2.14 bits per heavy atom. The highest BCUT2D eigenvalue weighted by atomic mass is 16.5. The summed E-state index contributed by atoms with van der Waals surface area (Å²) in [5.41, 5.74) is 3.42. The van der Waals surface area contributed by atoms with E-state index in [0.29, 0.717) is 18.6 Å². The number of carbonyl (C=O) groups is 1. The second kappa shape index (κ2) is 6.49. The zero-order valence-electron chi connectivity index (χ0n) is 14.2. The van der Waals surface area contributed by atoms with E-state index in [2.05, 4.69) is 25.7 Å². The Bertz CT molecular complexity index is 427. The van der Waals surface area contributed by atoms with Crippen LogP contribution in [0.15, 0.2) is 11.1 Å². The molecule has 0 aromatic rings. The van der Waals surface area contributed by atoms with E-state index in [1.165, 1.54) is 19.3 Å². The van der Waals surface area contributed by atoms with E-state index >= 15 is 0 Å². The molecule has 21 heavy (non-hydrogen) atoms. The smallest absolute Gasteiger partial charge is 0.252 e. The number of likely N-dealkylation sites (N-methyl/N-ethyl adjacent to an activating group) is 1. The number of carbonyl (C=O) groups excluding carboxylic acids is 1. The lowest BCUT2D eigenvalue weighted by Gasteiger charge is -2.40. The van der Waals surface area contributed by atoms with Gasteiger partial charge in [-0.2, -0.15) is 0 Å². The first-order valence-electron chi connectivity index (χ1n) is 8.05. The average Bonchev–Trinajstić information content (AvgIpc) is 2.42. The van der Waals surface area contributed by atoms with Crippen LogP contribution in [0.4, 0.5) is 0 Å². The second-order valence-electron chi connectivity index (χ2n) is 7.32. The Labute approximate surface area is 129 Å². The lowest BCUT2D eigenvalue weighted by atomic mass is 9.72. The van der Waals surface area contributed by atoms with Crippen LogP contribution in [-0.2, 0) is 9.53 Å². The molecule has 0 aromatic carbocycles. The van der Waals surface area contributed by atoms with Crippen LogP contribution in [0.25, 0.3) is 0 Å². The van der Waals surface area contributed by atoms with Gasteiger partial charge in [0.1, 0.15) is 6.10 Å². The third-order valence-corrected chi connectivity index (χ3v) is 4.93. The minimum absolute atomic E-state index is 0.0771. The zero-order valence-corrected chi connectivity index (χ0v) is 14.2. The van der Waals surface area contributed by atoms with Crippen molar-refractivity contribution in [2.45, 2.75) is 46.1 Å². The van der Waals surface area contributed by atoms with Gasteiger partial charge in [-0.3, -0.25) is 9.69 Å². The molecule has 0 unspecified atom stereocenters. The van der Waals surface area contributed by atoms with Crippen molar-refractivity contribution >= 4 is 5.91 Å². The molecule has 1 fully saturated rings. The first-order chi connectivity index (χ1) is 9.81. The van der Waals surface area contributed by atoms with E-state index < -0.39 is 0 Å². The van der Waals surface area contributed by atoms with E-state index in [4.69, 9.17) is 4.74 Å². The Morgan fingerprint density at radius 1 is 1.43 bits per heavy atom. The molecule has 0 radical (unpaired) electrons. The number of rotatable bonds is 3. The molecule has 1 amide bonds. The molecule has 1 aliphatic heterocycles. The Morgan fingerprint density at radius 3 is 2.76 bits per heavy atom. The van der Waals surface area contributed by atoms with Gasteiger partial charge in [0, 0.05) is 33.7 Å². The number of ether oxygens (including phenoxy) is 1. The summed E-state index contributed by atoms with van der Waals surface area (Å²) in [6, 6.07) is 0. The number of morpholine rings is 1. The SMILES string of the molecule is CC1=C(CN2CCO[C@@H](C(=O)N(C)C)C2)C(C)(C)CCC1. The van der Waals surface area contributed by atoms with E-state index in [1.54, 1.807) is 30.1 Å². The topological polar surface area (TPSA) is 32.8 Å². The third kappa shape index (κ3) is 3.86. The summed E-state index contributed by atoms with van der Waals surface area (Å²) >= 11 is 0. The van der Waals surface area contributed by atoms with Crippen LogP contribution >= 0.6 is 0 Å². The van der Waals surface area contributed by atoms with Crippen LogP contribution in [-0.4, -0.2) is 62.1 Å². The van der Waals surface area contributed by atoms with Crippen molar-refractivity contribution in [2.24, 2.45) is 5.41 Å². The van der Waals surface area contributed by atoms with Crippen molar-refractivity contribution in [1.82, 2.24) is 9.80 Å². The van der Waals surface area contributed by atoms with Crippen LogP contribution in [0.3, 0.4) is 0 Å². The van der Waals surface area contributed by atoms with E-state index in [1.807, 2.05) is 0 Å². The van der Waals surface area contributed by atoms with Gasteiger partial charge in [0.05, 0.1) is 6.61 Å². The Kier molecular flexibility index (Phi) is 5.10. The van der Waals surface area contributed by atoms with Gasteiger partial charge in [-0.1, -0.05) is 25.0 Å². The molecule has 1 atom stereocenters. The molecule has 4 nitrogen and oxygen atoms in total. The normalized spacial score (nSPS) is 26.8. The maximum atomic E-state index is 12.1. The fraction of sp³-hybridized carbons (Fsp3) is 0.824. The van der Waals surface area contributed by atoms with Crippen LogP contribution in [0.5, 0.6) is 0 Å². The summed E-state index contributed by atoms with van der Waals surface area (Å²) in [5.74, 6) is 0.0771. The molecule has 0 N–H and O–H groups in total. The van der Waals surface area contributed by atoms with E-state index in [-0.39, 0.29) is 12.0 Å². The lowest BCUT2D eigenvalue weighted by Crippen LogP contribution is -2.50. The first kappa shape index (κ1) is 16.5. The molecule has 0 spiro atoms. The summed E-state index contributed by atoms with van der Waals surface area (Å²) in [6.45, 7) is 10.3. The van der Waals surface area contributed by atoms with Gasteiger partial charge in [-0.15, -0.1) is 0 Å². The van der Waals surface area contributed by atoms with Gasteiger partial charge in [0.25, 0.3) is 5.91 Å². The molecule has 0 aromatic heterocycles. The molecule has 2 rings (SSSR count). The van der Waals surface area contributed by atoms with E-state index in [9.17, 15) is 4.79 Å². The largest absolute Gasteiger partial charge is 0.366 e. The van der Waals surface area contributed by atoms with Crippen molar-refractivity contribution in [3.05, 3.63) is 11.1 Å². The third-order valence-electron chi connectivity index (χ3n) is 4.93. The predicted molar refractivity (Wildman–Crippen MR) is 85.2 cm³/mol. The number of nitrogens with zero attached hydrogens (tertiary/aromatic N) is 2. The summed E-state index contributed by atoms with van der Waals surface area (Å²) in [6.07, 6.45) is 3.49. The standard InChI is InChI=1S/C17H30N2O2/c1-13-7-6-8-17(2,3)14(13)11-19-9-10-21-15(12-19)16(20)18(4)5/h15H,6-12H2,1-5H3/t15-/m1/s1. The Hall–Kier alpha value is -0.870. The molecular weight excluding hydrogens is 264 g/mol. The minimum atomic E-state index is -0.304. The monoisotopic (exact) mass is 294 g/mol. The number of hydrogen-bond acceptors (Lipinski definition) is 3. The second-order valence-corrected chi connectivity index (χ2v) is 7.32. The predicted octanol–water partition coefficient (Wildman–Crippen LogP) is 2.30. The van der Waals surface area contributed by atoms with Gasteiger partial charge < -0.3 is 9.64 Å². The minimum Gasteiger partial charge on any atom is -0.366 e. The number of amides is 1. The Balaban J connectivity index is 2.04. The van der Waals surface area contributed by atoms with Crippen molar-refractivity contribution in [2.75, 3.05) is 40.3 Å². The maximum absolute atomic E-state index is 12.1. The highest BCUT2D eigenvalue weighted by molar-refractivity contribution is 5.80. The van der Waals surface area contributed by atoms with Crippen molar-refractivity contribution in [3.63, 3.8) is 0 Å². The fourth-order valence-electron chi connectivity index (χ4n) is 3.53. The highest BCUT2D eigenvalue weighted by Crippen LogP contribution is 2.40. The maximum Gasteiger partial charge on any atom is 0.252 e. The summed E-state index contributed by atoms with van der Waals surface area (Å²) < 4.78 is 5.65. The molecule has 1 aliphatic carbocycles. The van der Waals surface area contributed by atoms with Gasteiger partial charge >= 0.3 is 0 Å². The highest BCUT2D eigenvalue weighted by Gasteiger charge is 2.33. The fourth-order valence-corrected chi connectivity index (χ4v) is 3.53. The first-order valence-corrected chi connectivity index (χ1v) is 8.05. The van der Waals surface area contributed by atoms with Crippen LogP contribution in [0.2, 0.25) is 0 Å². The molecule has 4 heteroatoms. The quantitative estimate of drug-likeness (QED) is 0.749. The summed E-state index contributed by atoms with van der Waals surface area (Å²) in [7, 11) is 3.59. The molecule has 1 saturated heterocycles. The van der Waals surface area contributed by atoms with Crippen LogP contribution in [0.1, 0.15) is 40.0 Å². The average molecular weight is 294 g/mol. The van der Waals surface area contributed by atoms with Gasteiger partial charge in [-0.05, 0) is 31.6 Å². The molecule has 0 bridgehead atoms. The molecule has 1 heterocycles. The van der Waals surface area contributed by atoms with Gasteiger partial charge in [-0.25, -0.2) is 0 Å².